The minimum atomic E-state index is -0.539. The van der Waals surface area contributed by atoms with Crippen LogP contribution in [0.25, 0.3) is 0 Å². The van der Waals surface area contributed by atoms with Crippen LogP contribution in [0.4, 0.5) is 0 Å². The van der Waals surface area contributed by atoms with E-state index < -0.39 is 5.60 Å². The summed E-state index contributed by atoms with van der Waals surface area (Å²) >= 11 is 0. The number of aromatic hydroxyl groups is 1. The summed E-state index contributed by atoms with van der Waals surface area (Å²) in [5.74, 6) is 0.832. The number of benzene rings is 1. The SMILES string of the molecule is CC(=O)[C@H]1CC[C@@H]2[C@H]3CCc4ccc(O)cc4[C@@H]3[C@@H]3C[C@]12OC3=O. The van der Waals surface area contributed by atoms with Crippen LogP contribution in [0.15, 0.2) is 18.2 Å². The van der Waals surface area contributed by atoms with E-state index in [0.29, 0.717) is 12.3 Å². The summed E-state index contributed by atoms with van der Waals surface area (Å²) in [6.45, 7) is 1.64. The zero-order valence-corrected chi connectivity index (χ0v) is 13.8. The summed E-state index contributed by atoms with van der Waals surface area (Å²) in [4.78, 5) is 24.9. The normalized spacial score (nSPS) is 42.0. The van der Waals surface area contributed by atoms with Crippen molar-refractivity contribution in [2.24, 2.45) is 23.7 Å². The van der Waals surface area contributed by atoms with Gasteiger partial charge < -0.3 is 9.84 Å². The number of hydrogen-bond acceptors (Lipinski definition) is 4. The molecule has 0 unspecified atom stereocenters. The molecule has 1 saturated heterocycles. The molecule has 1 aliphatic heterocycles. The standard InChI is InChI=1S/C20H22O4/c1-10(21)16-6-7-17-13-5-3-11-2-4-12(22)8-14(11)18(13)15-9-20(16,17)24-19(15)23/h2,4,8,13,15-18,22H,3,5-7,9H2,1H3/t13-,15+,16-,17-,18-,20+/m1/s1. The zero-order valence-electron chi connectivity index (χ0n) is 13.8. The van der Waals surface area contributed by atoms with Crippen LogP contribution in [0.1, 0.15) is 49.7 Å². The van der Waals surface area contributed by atoms with Gasteiger partial charge in [0.05, 0.1) is 11.8 Å². The third kappa shape index (κ3) is 1.64. The second kappa shape index (κ2) is 4.62. The number of hydrogen-bond donors (Lipinski definition) is 1. The van der Waals surface area contributed by atoms with Crippen LogP contribution in [0.5, 0.6) is 5.75 Å². The first-order valence-electron chi connectivity index (χ1n) is 9.06. The predicted molar refractivity (Wildman–Crippen MR) is 86.5 cm³/mol. The van der Waals surface area contributed by atoms with Crippen molar-refractivity contribution in [3.05, 3.63) is 29.3 Å². The Morgan fingerprint density at radius 3 is 2.92 bits per heavy atom. The van der Waals surface area contributed by atoms with Crippen LogP contribution in [0.2, 0.25) is 0 Å². The van der Waals surface area contributed by atoms with E-state index in [1.807, 2.05) is 12.1 Å². The lowest BCUT2D eigenvalue weighted by Gasteiger charge is -2.47. The molecule has 0 amide bonds. The highest BCUT2D eigenvalue weighted by Gasteiger charge is 2.68. The summed E-state index contributed by atoms with van der Waals surface area (Å²) in [6.07, 6.45) is 4.52. The smallest absolute Gasteiger partial charge is 0.310 e. The molecule has 0 radical (unpaired) electrons. The lowest BCUT2D eigenvalue weighted by atomic mass is 9.55. The second-order valence-corrected chi connectivity index (χ2v) is 8.15. The number of phenols is 1. The molecular formula is C20H22O4. The lowest BCUT2D eigenvalue weighted by Crippen LogP contribution is -2.50. The Morgan fingerprint density at radius 1 is 1.29 bits per heavy atom. The number of phenolic OH excluding ortho intramolecular Hbond substituents is 1. The monoisotopic (exact) mass is 326 g/mol. The van der Waals surface area contributed by atoms with Crippen molar-refractivity contribution in [3.8, 4) is 5.75 Å². The summed E-state index contributed by atoms with van der Waals surface area (Å²) < 4.78 is 5.99. The zero-order chi connectivity index (χ0) is 16.6. The van der Waals surface area contributed by atoms with Gasteiger partial charge in [-0.15, -0.1) is 0 Å². The minimum absolute atomic E-state index is 0.122. The number of fused-ring (bicyclic) bond motifs is 6. The van der Waals surface area contributed by atoms with Crippen LogP contribution in [0.3, 0.4) is 0 Å². The number of ketones is 1. The van der Waals surface area contributed by atoms with E-state index in [-0.39, 0.29) is 41.2 Å². The molecule has 2 bridgehead atoms. The number of carbonyl (C=O) groups excluding carboxylic acids is 2. The van der Waals surface area contributed by atoms with Crippen molar-refractivity contribution in [3.63, 3.8) is 0 Å². The molecule has 24 heavy (non-hydrogen) atoms. The van der Waals surface area contributed by atoms with Gasteiger partial charge in [0.2, 0.25) is 0 Å². The van der Waals surface area contributed by atoms with Gasteiger partial charge in [-0.05, 0) is 61.8 Å². The highest BCUT2D eigenvalue weighted by atomic mass is 16.6. The Balaban J connectivity index is 1.64. The molecule has 4 nitrogen and oxygen atoms in total. The molecule has 1 spiro atoms. The van der Waals surface area contributed by atoms with E-state index in [2.05, 4.69) is 0 Å². The van der Waals surface area contributed by atoms with E-state index in [1.54, 1.807) is 13.0 Å². The molecule has 5 rings (SSSR count). The molecule has 6 atom stereocenters. The first-order chi connectivity index (χ1) is 11.5. The van der Waals surface area contributed by atoms with Crippen molar-refractivity contribution >= 4 is 11.8 Å². The molecule has 1 aromatic carbocycles. The van der Waals surface area contributed by atoms with E-state index in [9.17, 15) is 14.7 Å². The maximum atomic E-state index is 12.7. The van der Waals surface area contributed by atoms with E-state index in [0.717, 1.165) is 31.2 Å². The Bertz CT molecular complexity index is 754. The van der Waals surface area contributed by atoms with Crippen LogP contribution in [0, 0.1) is 23.7 Å². The first-order valence-corrected chi connectivity index (χ1v) is 9.06. The van der Waals surface area contributed by atoms with Crippen molar-refractivity contribution < 1.29 is 19.4 Å². The Kier molecular flexibility index (Phi) is 2.79. The third-order valence-electron chi connectivity index (χ3n) is 7.25. The Labute approximate surface area is 141 Å². The van der Waals surface area contributed by atoms with Crippen LogP contribution in [-0.4, -0.2) is 22.5 Å². The first kappa shape index (κ1) is 14.5. The average molecular weight is 326 g/mol. The van der Waals surface area contributed by atoms with Gasteiger partial charge in [0.15, 0.2) is 0 Å². The summed E-state index contributed by atoms with van der Waals surface area (Å²) in [7, 11) is 0. The van der Waals surface area contributed by atoms with E-state index >= 15 is 0 Å². The molecule has 3 fully saturated rings. The van der Waals surface area contributed by atoms with Crippen LogP contribution < -0.4 is 0 Å². The lowest BCUT2D eigenvalue weighted by molar-refractivity contribution is -0.158. The summed E-state index contributed by atoms with van der Waals surface area (Å²) in [5.41, 5.74) is 1.85. The Hall–Kier alpha value is -1.84. The number of esters is 1. The van der Waals surface area contributed by atoms with Gasteiger partial charge in [-0.25, -0.2) is 0 Å². The molecule has 1 aromatic rings. The number of Topliss-reactive ketones (excluding diaryl/α,β-unsaturated/α-hetero) is 1. The number of aryl methyl sites for hydroxylation is 1. The fraction of sp³-hybridized carbons (Fsp3) is 0.600. The van der Waals surface area contributed by atoms with Gasteiger partial charge in [-0.2, -0.15) is 0 Å². The van der Waals surface area contributed by atoms with Gasteiger partial charge in [0.1, 0.15) is 17.1 Å². The maximum Gasteiger partial charge on any atom is 0.310 e. The molecule has 126 valence electrons. The number of carbonyl (C=O) groups is 2. The molecule has 0 aromatic heterocycles. The molecule has 3 aliphatic carbocycles. The van der Waals surface area contributed by atoms with Gasteiger partial charge in [0.25, 0.3) is 0 Å². The number of ether oxygens (including phenoxy) is 1. The second-order valence-electron chi connectivity index (χ2n) is 8.15. The van der Waals surface area contributed by atoms with Gasteiger partial charge in [-0.1, -0.05) is 6.07 Å². The van der Waals surface area contributed by atoms with E-state index in [1.165, 1.54) is 5.56 Å². The van der Waals surface area contributed by atoms with E-state index in [4.69, 9.17) is 4.74 Å². The highest BCUT2D eigenvalue weighted by Crippen LogP contribution is 2.65. The molecule has 2 saturated carbocycles. The Morgan fingerprint density at radius 2 is 2.12 bits per heavy atom. The average Bonchev–Trinajstić information content (AvgIpc) is 3.05. The molecule has 1 N–H and O–H groups in total. The fourth-order valence-electron chi connectivity index (χ4n) is 6.48. The third-order valence-corrected chi connectivity index (χ3v) is 7.25. The molecular weight excluding hydrogens is 304 g/mol. The quantitative estimate of drug-likeness (QED) is 0.806. The van der Waals surface area contributed by atoms with Gasteiger partial charge in [0, 0.05) is 18.3 Å². The molecule has 1 heterocycles. The van der Waals surface area contributed by atoms with Crippen molar-refractivity contribution in [2.45, 2.75) is 50.5 Å². The van der Waals surface area contributed by atoms with Crippen molar-refractivity contribution in [1.29, 1.82) is 0 Å². The summed E-state index contributed by atoms with van der Waals surface area (Å²) in [5, 5.41) is 9.95. The minimum Gasteiger partial charge on any atom is -0.508 e. The van der Waals surface area contributed by atoms with Crippen LogP contribution >= 0.6 is 0 Å². The van der Waals surface area contributed by atoms with Crippen molar-refractivity contribution in [2.75, 3.05) is 0 Å². The molecule has 4 aliphatic rings. The topological polar surface area (TPSA) is 63.6 Å². The van der Waals surface area contributed by atoms with Crippen LogP contribution in [-0.2, 0) is 20.7 Å². The maximum absolute atomic E-state index is 12.7. The number of rotatable bonds is 1. The van der Waals surface area contributed by atoms with Crippen molar-refractivity contribution in [1.82, 2.24) is 0 Å². The fourth-order valence-corrected chi connectivity index (χ4v) is 6.48. The largest absolute Gasteiger partial charge is 0.508 e. The van der Waals surface area contributed by atoms with Gasteiger partial charge >= 0.3 is 5.97 Å². The highest BCUT2D eigenvalue weighted by molar-refractivity contribution is 5.84. The van der Waals surface area contributed by atoms with Gasteiger partial charge in [-0.3, -0.25) is 9.59 Å². The predicted octanol–water partition coefficient (Wildman–Crippen LogP) is 2.97. The summed E-state index contributed by atoms with van der Waals surface area (Å²) in [6, 6.07) is 5.58. The molecule has 4 heteroatoms.